The Morgan fingerprint density at radius 2 is 1.69 bits per heavy atom. The summed E-state index contributed by atoms with van der Waals surface area (Å²) in [6, 6.07) is 31.5. The second-order valence-corrected chi connectivity index (χ2v) is 10.3. The molecule has 208 valence electrons. The number of phenols is 1. The summed E-state index contributed by atoms with van der Waals surface area (Å²) < 4.78 is 0. The molecule has 4 N–H and O–H groups in total. The van der Waals surface area contributed by atoms with Gasteiger partial charge < -0.3 is 20.7 Å². The van der Waals surface area contributed by atoms with E-state index < -0.39 is 6.04 Å². The van der Waals surface area contributed by atoms with Crippen molar-refractivity contribution in [2.24, 2.45) is 0 Å². The number of phenolic OH excluding ortho intramolecular Hbond substituents is 1. The van der Waals surface area contributed by atoms with Crippen LogP contribution in [0.5, 0.6) is 5.75 Å². The lowest BCUT2D eigenvalue weighted by molar-refractivity contribution is -0.122. The number of hydrogen-bond donors (Lipinski definition) is 4. The van der Waals surface area contributed by atoms with Crippen LogP contribution in [0, 0.1) is 0 Å². The van der Waals surface area contributed by atoms with Crippen LogP contribution in [0.25, 0.3) is 32.9 Å². The molecule has 2 amide bonds. The molecule has 7 nitrogen and oxygen atoms in total. The number of nitrogens with one attached hydrogen (secondary N) is 3. The number of H-pyrrole nitrogens is 1. The molecule has 7 heteroatoms. The zero-order valence-corrected chi connectivity index (χ0v) is 22.9. The van der Waals surface area contributed by atoms with Gasteiger partial charge in [0.05, 0.1) is 0 Å². The SMILES string of the molecule is O=C(NC(Cc1c[nH]c2ccccc12)C(=O)NCCc1ccccc1)c1cccc(-c2cc(O)c3ncccc3c2)c1. The van der Waals surface area contributed by atoms with Gasteiger partial charge >= 0.3 is 0 Å². The topological polar surface area (TPSA) is 107 Å². The molecule has 0 fully saturated rings. The van der Waals surface area contributed by atoms with E-state index in [9.17, 15) is 14.7 Å². The lowest BCUT2D eigenvalue weighted by Gasteiger charge is -2.19. The first kappa shape index (κ1) is 26.8. The zero-order valence-electron chi connectivity index (χ0n) is 22.9. The van der Waals surface area contributed by atoms with Crippen LogP contribution >= 0.6 is 0 Å². The van der Waals surface area contributed by atoms with Crippen LogP contribution in [-0.4, -0.2) is 39.5 Å². The summed E-state index contributed by atoms with van der Waals surface area (Å²) in [5.74, 6) is -0.525. The molecule has 0 aliphatic carbocycles. The predicted molar refractivity (Wildman–Crippen MR) is 165 cm³/mol. The van der Waals surface area contributed by atoms with Crippen molar-refractivity contribution in [2.75, 3.05) is 6.54 Å². The number of fused-ring (bicyclic) bond motifs is 2. The van der Waals surface area contributed by atoms with Crippen molar-refractivity contribution in [2.45, 2.75) is 18.9 Å². The number of rotatable bonds is 9. The van der Waals surface area contributed by atoms with E-state index >= 15 is 0 Å². The number of aromatic nitrogens is 2. The highest BCUT2D eigenvalue weighted by Crippen LogP contribution is 2.31. The minimum atomic E-state index is -0.785. The summed E-state index contributed by atoms with van der Waals surface area (Å²) >= 11 is 0. The number of nitrogens with zero attached hydrogens (tertiary/aromatic N) is 1. The molecule has 0 saturated carbocycles. The molecule has 0 bridgehead atoms. The van der Waals surface area contributed by atoms with E-state index in [0.717, 1.165) is 38.5 Å². The fraction of sp³-hybridized carbons (Fsp3) is 0.114. The molecule has 2 aromatic heterocycles. The van der Waals surface area contributed by atoms with Crippen molar-refractivity contribution in [1.29, 1.82) is 0 Å². The Balaban J connectivity index is 1.23. The second-order valence-electron chi connectivity index (χ2n) is 10.3. The average molecular weight is 555 g/mol. The minimum Gasteiger partial charge on any atom is -0.506 e. The van der Waals surface area contributed by atoms with Crippen LogP contribution in [0.1, 0.15) is 21.5 Å². The van der Waals surface area contributed by atoms with Gasteiger partial charge in [-0.15, -0.1) is 0 Å². The fourth-order valence-corrected chi connectivity index (χ4v) is 5.25. The summed E-state index contributed by atoms with van der Waals surface area (Å²) in [5, 5.41) is 18.3. The number of amides is 2. The lowest BCUT2D eigenvalue weighted by atomic mass is 9.99. The molecule has 0 aliphatic heterocycles. The van der Waals surface area contributed by atoms with Gasteiger partial charge in [0, 0.05) is 47.2 Å². The quantitative estimate of drug-likeness (QED) is 0.182. The number of benzene rings is 4. The number of hydrogen-bond acceptors (Lipinski definition) is 4. The highest BCUT2D eigenvalue weighted by atomic mass is 16.3. The van der Waals surface area contributed by atoms with Gasteiger partial charge in [0.25, 0.3) is 5.91 Å². The molecule has 4 aromatic carbocycles. The van der Waals surface area contributed by atoms with Gasteiger partial charge in [0.1, 0.15) is 17.3 Å². The van der Waals surface area contributed by atoms with Crippen LogP contribution in [0.4, 0.5) is 0 Å². The minimum absolute atomic E-state index is 0.0731. The highest BCUT2D eigenvalue weighted by molar-refractivity contribution is 5.99. The summed E-state index contributed by atoms with van der Waals surface area (Å²) in [6.07, 6.45) is 4.55. The van der Waals surface area contributed by atoms with E-state index in [-0.39, 0.29) is 17.6 Å². The van der Waals surface area contributed by atoms with Crippen molar-refractivity contribution in [3.8, 4) is 16.9 Å². The van der Waals surface area contributed by atoms with Gasteiger partial charge in [-0.2, -0.15) is 0 Å². The maximum Gasteiger partial charge on any atom is 0.251 e. The molecule has 0 saturated heterocycles. The molecular formula is C35H30N4O3. The summed E-state index contributed by atoms with van der Waals surface area (Å²) in [5.41, 5.74) is 5.52. The number of pyridine rings is 1. The highest BCUT2D eigenvalue weighted by Gasteiger charge is 2.23. The Morgan fingerprint density at radius 3 is 2.57 bits per heavy atom. The van der Waals surface area contributed by atoms with E-state index in [4.69, 9.17) is 0 Å². The van der Waals surface area contributed by atoms with Gasteiger partial charge in [-0.05, 0) is 65.1 Å². The van der Waals surface area contributed by atoms with E-state index in [2.05, 4.69) is 20.6 Å². The first-order chi connectivity index (χ1) is 20.5. The number of para-hydroxylation sites is 1. The van der Waals surface area contributed by atoms with Crippen LogP contribution in [0.3, 0.4) is 0 Å². The number of aromatic amines is 1. The molecule has 6 aromatic rings. The van der Waals surface area contributed by atoms with Crippen LogP contribution in [0.15, 0.2) is 116 Å². The first-order valence-electron chi connectivity index (χ1n) is 13.9. The molecule has 2 heterocycles. The molecule has 0 radical (unpaired) electrons. The second kappa shape index (κ2) is 12.0. The molecule has 1 unspecified atom stereocenters. The third-order valence-corrected chi connectivity index (χ3v) is 7.42. The summed E-state index contributed by atoms with van der Waals surface area (Å²) in [7, 11) is 0. The monoisotopic (exact) mass is 554 g/mol. The van der Waals surface area contributed by atoms with Crippen molar-refractivity contribution in [3.63, 3.8) is 0 Å². The van der Waals surface area contributed by atoms with Crippen LogP contribution < -0.4 is 10.6 Å². The Labute approximate surface area is 243 Å². The Kier molecular flexibility index (Phi) is 7.64. The molecule has 42 heavy (non-hydrogen) atoms. The number of carbonyl (C=O) groups is 2. The third-order valence-electron chi connectivity index (χ3n) is 7.42. The molecule has 6 rings (SSSR count). The van der Waals surface area contributed by atoms with Gasteiger partial charge in [-0.3, -0.25) is 14.6 Å². The first-order valence-corrected chi connectivity index (χ1v) is 13.9. The largest absolute Gasteiger partial charge is 0.506 e. The van der Waals surface area contributed by atoms with Crippen molar-refractivity contribution >= 4 is 33.6 Å². The van der Waals surface area contributed by atoms with E-state index in [1.807, 2.05) is 85.1 Å². The summed E-state index contributed by atoms with van der Waals surface area (Å²) in [4.78, 5) is 34.5. The average Bonchev–Trinajstić information content (AvgIpc) is 3.44. The van der Waals surface area contributed by atoms with Crippen molar-refractivity contribution in [3.05, 3.63) is 132 Å². The smallest absolute Gasteiger partial charge is 0.251 e. The van der Waals surface area contributed by atoms with Crippen molar-refractivity contribution < 1.29 is 14.7 Å². The normalized spacial score (nSPS) is 11.8. The molecule has 1 atom stereocenters. The molecule has 0 aliphatic rings. The predicted octanol–water partition coefficient (Wildman–Crippen LogP) is 5.79. The van der Waals surface area contributed by atoms with Crippen LogP contribution in [0.2, 0.25) is 0 Å². The maximum absolute atomic E-state index is 13.6. The Morgan fingerprint density at radius 1 is 0.857 bits per heavy atom. The maximum atomic E-state index is 13.6. The van der Waals surface area contributed by atoms with Gasteiger partial charge in [-0.25, -0.2) is 0 Å². The third kappa shape index (κ3) is 5.86. The van der Waals surface area contributed by atoms with Gasteiger partial charge in [-0.1, -0.05) is 66.7 Å². The standard InChI is InChI=1S/C35H30N4O3/c40-32-21-27(19-25-12-7-16-36-33(25)32)24-10-6-11-26(18-24)34(41)39-31(20-28-22-38-30-14-5-4-13-29(28)30)35(42)37-17-15-23-8-2-1-3-9-23/h1-14,16,18-19,21-22,31,38,40H,15,17,20H2,(H,37,42)(H,39,41). The van der Waals surface area contributed by atoms with Crippen molar-refractivity contribution in [1.82, 2.24) is 20.6 Å². The van der Waals surface area contributed by atoms with Gasteiger partial charge in [0.15, 0.2) is 0 Å². The lowest BCUT2D eigenvalue weighted by Crippen LogP contribution is -2.48. The fourth-order valence-electron chi connectivity index (χ4n) is 5.25. The van der Waals surface area contributed by atoms with E-state index in [1.165, 1.54) is 0 Å². The van der Waals surface area contributed by atoms with E-state index in [0.29, 0.717) is 30.5 Å². The Hall–Kier alpha value is -5.43. The molecule has 0 spiro atoms. The zero-order chi connectivity index (χ0) is 28.9. The Bertz CT molecular complexity index is 1880. The van der Waals surface area contributed by atoms with Crippen LogP contribution in [-0.2, 0) is 17.6 Å². The number of carbonyl (C=O) groups excluding carboxylic acids is 2. The summed E-state index contributed by atoms with van der Waals surface area (Å²) in [6.45, 7) is 0.457. The van der Waals surface area contributed by atoms with Gasteiger partial charge in [0.2, 0.25) is 5.91 Å². The molecular weight excluding hydrogens is 524 g/mol. The van der Waals surface area contributed by atoms with E-state index in [1.54, 1.807) is 30.5 Å². The number of aromatic hydroxyl groups is 1.